The van der Waals surface area contributed by atoms with Gasteiger partial charge >= 0.3 is 0 Å². The Morgan fingerprint density at radius 1 is 1.00 bits per heavy atom. The molecule has 1 heterocycles. The molecule has 2 aromatic carbocycles. The molecule has 0 fully saturated rings. The summed E-state index contributed by atoms with van der Waals surface area (Å²) < 4.78 is 13.9. The molecule has 5 rings (SSSR count). The molecule has 0 amide bonds. The summed E-state index contributed by atoms with van der Waals surface area (Å²) in [4.78, 5) is 29.0. The molecule has 0 aromatic heterocycles. The molecular formula is C29H29BrINO4. The molecule has 0 saturated carbocycles. The first-order valence-corrected chi connectivity index (χ1v) is 14.3. The Morgan fingerprint density at radius 2 is 1.64 bits per heavy atom. The Labute approximate surface area is 234 Å². The van der Waals surface area contributed by atoms with Crippen molar-refractivity contribution < 1.29 is 19.1 Å². The Bertz CT molecular complexity index is 1250. The lowest BCUT2D eigenvalue weighted by Crippen LogP contribution is -2.39. The molecule has 0 bridgehead atoms. The minimum atomic E-state index is -0.349. The van der Waals surface area contributed by atoms with Crippen LogP contribution in [0.3, 0.4) is 0 Å². The van der Waals surface area contributed by atoms with Crippen LogP contribution in [0.4, 0.5) is 0 Å². The van der Waals surface area contributed by atoms with E-state index in [0.717, 1.165) is 73.9 Å². The van der Waals surface area contributed by atoms with Crippen LogP contribution in [0, 0.1) is 3.57 Å². The lowest BCUT2D eigenvalue weighted by atomic mass is 9.71. The molecule has 7 heteroatoms. The predicted molar refractivity (Wildman–Crippen MR) is 151 cm³/mol. The van der Waals surface area contributed by atoms with Crippen LogP contribution in [-0.4, -0.2) is 30.1 Å². The van der Waals surface area contributed by atoms with Crippen molar-refractivity contribution in [2.75, 3.05) is 13.7 Å². The molecule has 0 saturated heterocycles. The zero-order valence-electron chi connectivity index (χ0n) is 20.5. The van der Waals surface area contributed by atoms with Gasteiger partial charge in [-0.2, -0.15) is 0 Å². The normalized spacial score (nSPS) is 18.4. The van der Waals surface area contributed by atoms with Crippen LogP contribution < -0.4 is 9.47 Å². The predicted octanol–water partition coefficient (Wildman–Crippen LogP) is 7.07. The third-order valence-electron chi connectivity index (χ3n) is 7.32. The van der Waals surface area contributed by atoms with Crippen LogP contribution in [0.1, 0.15) is 62.5 Å². The van der Waals surface area contributed by atoms with Crippen LogP contribution in [-0.2, 0) is 16.2 Å². The van der Waals surface area contributed by atoms with Gasteiger partial charge in [0, 0.05) is 57.9 Å². The van der Waals surface area contributed by atoms with E-state index in [0.29, 0.717) is 30.9 Å². The van der Waals surface area contributed by atoms with Gasteiger partial charge in [0.25, 0.3) is 0 Å². The Kier molecular flexibility index (Phi) is 7.58. The van der Waals surface area contributed by atoms with Crippen LogP contribution in [0.15, 0.2) is 63.4 Å². The fraction of sp³-hybridized carbons (Fsp3) is 0.379. The maximum atomic E-state index is 13.4. The van der Waals surface area contributed by atoms with Gasteiger partial charge in [0.15, 0.2) is 23.1 Å². The fourth-order valence-corrected chi connectivity index (χ4v) is 6.92. The number of benzene rings is 2. The van der Waals surface area contributed by atoms with Crippen molar-refractivity contribution in [3.8, 4) is 11.5 Å². The summed E-state index contributed by atoms with van der Waals surface area (Å²) in [6.07, 6.45) is 4.53. The number of hydrogen-bond donors (Lipinski definition) is 0. The maximum Gasteiger partial charge on any atom is 0.174 e. The van der Waals surface area contributed by atoms with E-state index >= 15 is 0 Å². The second-order valence-corrected chi connectivity index (χ2v) is 11.4. The van der Waals surface area contributed by atoms with E-state index < -0.39 is 0 Å². The summed E-state index contributed by atoms with van der Waals surface area (Å²) >= 11 is 5.85. The van der Waals surface area contributed by atoms with E-state index in [1.165, 1.54) is 0 Å². The van der Waals surface area contributed by atoms with Gasteiger partial charge in [-0.25, -0.2) is 0 Å². The quantitative estimate of drug-likeness (QED) is 0.310. The van der Waals surface area contributed by atoms with Crippen LogP contribution >= 0.6 is 38.5 Å². The first-order valence-electron chi connectivity index (χ1n) is 12.5. The molecule has 1 aliphatic heterocycles. The number of Topliss-reactive ketones (excluding diaryl/α,β-unsaturated/α-hetero) is 2. The lowest BCUT2D eigenvalue weighted by molar-refractivity contribution is -0.117. The van der Waals surface area contributed by atoms with E-state index in [2.05, 4.69) is 56.4 Å². The Morgan fingerprint density at radius 3 is 2.22 bits per heavy atom. The van der Waals surface area contributed by atoms with Gasteiger partial charge in [0.05, 0.1) is 10.7 Å². The van der Waals surface area contributed by atoms with Crippen molar-refractivity contribution in [1.82, 2.24) is 4.90 Å². The summed E-state index contributed by atoms with van der Waals surface area (Å²) in [5.41, 5.74) is 5.78. The number of carbonyl (C=O) groups is 2. The summed E-state index contributed by atoms with van der Waals surface area (Å²) in [5.74, 6) is 1.24. The molecule has 2 aliphatic carbocycles. The summed E-state index contributed by atoms with van der Waals surface area (Å²) in [6.45, 7) is 3.27. The van der Waals surface area contributed by atoms with Gasteiger partial charge in [-0.15, -0.1) is 0 Å². The number of rotatable bonds is 6. The van der Waals surface area contributed by atoms with E-state index in [1.54, 1.807) is 7.11 Å². The molecule has 5 nitrogen and oxygen atoms in total. The minimum Gasteiger partial charge on any atom is -0.493 e. The number of carbonyl (C=O) groups excluding carboxylic acids is 2. The van der Waals surface area contributed by atoms with Crippen LogP contribution in [0.25, 0.3) is 0 Å². The van der Waals surface area contributed by atoms with Crippen molar-refractivity contribution in [2.24, 2.45) is 0 Å². The molecule has 0 unspecified atom stereocenters. The van der Waals surface area contributed by atoms with Crippen LogP contribution in [0.2, 0.25) is 0 Å². The van der Waals surface area contributed by atoms with Crippen molar-refractivity contribution in [3.05, 3.63) is 78.1 Å². The number of nitrogens with zero attached hydrogens (tertiary/aromatic N) is 1. The first-order chi connectivity index (χ1) is 17.4. The molecule has 36 heavy (non-hydrogen) atoms. The van der Waals surface area contributed by atoms with Crippen molar-refractivity contribution in [3.63, 3.8) is 0 Å². The third-order valence-corrected chi connectivity index (χ3v) is 8.89. The standard InChI is InChI=1S/C29H29BrINO4/c1-3-32-21-10-6-12-23(33)27(21)26(28-22(32)11-7-13-24(28)34)18-14-20(31)29(25(15-18)35-2)36-16-17-8-4-5-9-19(17)30/h4-5,8-9,14-15,26H,3,6-7,10-13,16H2,1-2H3. The van der Waals surface area contributed by atoms with Gasteiger partial charge in [0.2, 0.25) is 0 Å². The van der Waals surface area contributed by atoms with Gasteiger partial charge in [0.1, 0.15) is 6.61 Å². The lowest BCUT2D eigenvalue weighted by Gasteiger charge is -2.43. The molecule has 188 valence electrons. The van der Waals surface area contributed by atoms with Crippen molar-refractivity contribution >= 4 is 50.1 Å². The molecule has 0 N–H and O–H groups in total. The van der Waals surface area contributed by atoms with Gasteiger partial charge in [-0.3, -0.25) is 9.59 Å². The van der Waals surface area contributed by atoms with Gasteiger partial charge in [-0.05, 0) is 79.0 Å². The van der Waals surface area contributed by atoms with Crippen LogP contribution in [0.5, 0.6) is 11.5 Å². The summed E-state index contributed by atoms with van der Waals surface area (Å²) in [6, 6.07) is 12.0. The highest BCUT2D eigenvalue weighted by Crippen LogP contribution is 2.50. The zero-order valence-corrected chi connectivity index (χ0v) is 24.3. The monoisotopic (exact) mass is 661 g/mol. The maximum absolute atomic E-state index is 13.4. The average Bonchev–Trinajstić information content (AvgIpc) is 2.87. The second-order valence-electron chi connectivity index (χ2n) is 9.37. The largest absolute Gasteiger partial charge is 0.493 e. The summed E-state index contributed by atoms with van der Waals surface area (Å²) in [5, 5.41) is 0. The molecule has 0 spiro atoms. The van der Waals surface area contributed by atoms with Gasteiger partial charge < -0.3 is 14.4 Å². The first kappa shape index (κ1) is 25.5. The molecular weight excluding hydrogens is 633 g/mol. The second kappa shape index (κ2) is 10.7. The van der Waals surface area contributed by atoms with E-state index in [4.69, 9.17) is 9.47 Å². The smallest absolute Gasteiger partial charge is 0.174 e. The number of hydrogen-bond acceptors (Lipinski definition) is 5. The number of allylic oxidation sites excluding steroid dienone is 4. The molecule has 3 aliphatic rings. The number of halogens is 2. The van der Waals surface area contributed by atoms with E-state index in [1.807, 2.05) is 30.3 Å². The Hall–Kier alpha value is -2.13. The molecule has 2 aromatic rings. The van der Waals surface area contributed by atoms with Gasteiger partial charge in [-0.1, -0.05) is 34.1 Å². The zero-order chi connectivity index (χ0) is 25.4. The summed E-state index contributed by atoms with van der Waals surface area (Å²) in [7, 11) is 1.63. The molecule has 0 radical (unpaired) electrons. The highest BCUT2D eigenvalue weighted by molar-refractivity contribution is 14.1. The van der Waals surface area contributed by atoms with Crippen molar-refractivity contribution in [1.29, 1.82) is 0 Å². The highest BCUT2D eigenvalue weighted by Gasteiger charge is 2.43. The highest BCUT2D eigenvalue weighted by atomic mass is 127. The van der Waals surface area contributed by atoms with Crippen molar-refractivity contribution in [2.45, 2.75) is 58.0 Å². The average molecular weight is 662 g/mol. The number of ketones is 2. The number of ether oxygens (including phenoxy) is 2. The number of methoxy groups -OCH3 is 1. The molecule has 0 atom stereocenters. The Balaban J connectivity index is 1.60. The fourth-order valence-electron chi connectivity index (χ4n) is 5.74. The van der Waals surface area contributed by atoms with E-state index in [-0.39, 0.29) is 17.5 Å². The minimum absolute atomic E-state index is 0.160. The van der Waals surface area contributed by atoms with E-state index in [9.17, 15) is 9.59 Å². The third kappa shape index (κ3) is 4.53. The SMILES string of the molecule is CCN1C2=C(C(=O)CCC2)C(c2cc(I)c(OCc3ccccc3Br)c(OC)c2)C2=C1CCCC2=O. The topological polar surface area (TPSA) is 55.8 Å².